The van der Waals surface area contributed by atoms with E-state index in [1.54, 1.807) is 17.9 Å². The Kier molecular flexibility index (Phi) is 7.36. The molecule has 8 nitrogen and oxygen atoms in total. The Morgan fingerprint density at radius 1 is 1.24 bits per heavy atom. The van der Waals surface area contributed by atoms with Gasteiger partial charge in [0.15, 0.2) is 5.82 Å². The van der Waals surface area contributed by atoms with Gasteiger partial charge in [-0.25, -0.2) is 13.9 Å². The lowest BCUT2D eigenvalue weighted by Crippen LogP contribution is -2.42. The van der Waals surface area contributed by atoms with Crippen LogP contribution in [0.5, 0.6) is 0 Å². The Bertz CT molecular complexity index is 1090. The van der Waals surface area contributed by atoms with E-state index in [1.165, 1.54) is 12.3 Å². The van der Waals surface area contributed by atoms with Crippen LogP contribution in [-0.2, 0) is 4.74 Å². The number of anilines is 1. The first-order valence-electron chi connectivity index (χ1n) is 10.7. The molecular formula is C23H26BrFN6O2. The Hall–Kier alpha value is -2.82. The Labute approximate surface area is 200 Å². The number of hydrogen-bond donors (Lipinski definition) is 2. The van der Waals surface area contributed by atoms with Gasteiger partial charge < -0.3 is 10.1 Å². The molecule has 0 saturated carbocycles. The van der Waals surface area contributed by atoms with Gasteiger partial charge in [-0.3, -0.25) is 15.2 Å². The largest absolute Gasteiger partial charge is 0.383 e. The van der Waals surface area contributed by atoms with E-state index >= 15 is 0 Å². The van der Waals surface area contributed by atoms with Gasteiger partial charge >= 0.3 is 6.03 Å². The van der Waals surface area contributed by atoms with Gasteiger partial charge in [0, 0.05) is 38.4 Å². The second-order valence-electron chi connectivity index (χ2n) is 7.96. The van der Waals surface area contributed by atoms with E-state index in [0.717, 1.165) is 23.6 Å². The molecule has 2 aromatic heterocycles. The normalized spacial score (nSPS) is 18.4. The standard InChI is InChI=1S/C23H26BrFN6O2/c1-15-21(24)22(31(29-15)17-6-4-3-5-7-17)28-23(32)27-20-14-30(10-11-33-2)13-18(20)19-9-8-16(25)12-26-19/h3-9,12,18,20H,10-11,13-14H2,1-2H3,(H2,27,28,32)/t18-,20+/m0/s1. The van der Waals surface area contributed by atoms with Crippen molar-refractivity contribution in [2.45, 2.75) is 18.9 Å². The van der Waals surface area contributed by atoms with Crippen molar-refractivity contribution in [3.63, 3.8) is 0 Å². The van der Waals surface area contributed by atoms with E-state index < -0.39 is 0 Å². The van der Waals surface area contributed by atoms with E-state index in [1.807, 2.05) is 37.3 Å². The smallest absolute Gasteiger partial charge is 0.320 e. The summed E-state index contributed by atoms with van der Waals surface area (Å²) in [6.45, 7) is 4.52. The summed E-state index contributed by atoms with van der Waals surface area (Å²) in [6, 6.07) is 12.1. The van der Waals surface area contributed by atoms with Gasteiger partial charge in [0.25, 0.3) is 0 Å². The molecule has 1 aliphatic rings. The van der Waals surface area contributed by atoms with Gasteiger partial charge in [-0.2, -0.15) is 5.10 Å². The van der Waals surface area contributed by atoms with Crippen molar-refractivity contribution in [2.75, 3.05) is 38.7 Å². The van der Waals surface area contributed by atoms with Crippen LogP contribution in [0.25, 0.3) is 5.69 Å². The molecule has 10 heteroatoms. The number of rotatable bonds is 7. The monoisotopic (exact) mass is 516 g/mol. The summed E-state index contributed by atoms with van der Waals surface area (Å²) in [4.78, 5) is 19.5. The highest BCUT2D eigenvalue weighted by molar-refractivity contribution is 9.10. The van der Waals surface area contributed by atoms with E-state index in [0.29, 0.717) is 30.0 Å². The highest BCUT2D eigenvalue weighted by atomic mass is 79.9. The first kappa shape index (κ1) is 23.3. The van der Waals surface area contributed by atoms with E-state index in [4.69, 9.17) is 4.74 Å². The molecule has 1 fully saturated rings. The van der Waals surface area contributed by atoms with Gasteiger partial charge in [0.05, 0.1) is 34.7 Å². The van der Waals surface area contributed by atoms with Gasteiger partial charge in [-0.15, -0.1) is 0 Å². The maximum Gasteiger partial charge on any atom is 0.320 e. The van der Waals surface area contributed by atoms with Crippen LogP contribution in [0.4, 0.5) is 15.0 Å². The molecule has 0 bridgehead atoms. The van der Waals surface area contributed by atoms with Crippen LogP contribution < -0.4 is 10.6 Å². The number of aryl methyl sites for hydroxylation is 1. The topological polar surface area (TPSA) is 84.3 Å². The molecule has 174 valence electrons. The Morgan fingerprint density at radius 3 is 2.73 bits per heavy atom. The van der Waals surface area contributed by atoms with Crippen LogP contribution in [0.3, 0.4) is 0 Å². The number of methoxy groups -OCH3 is 1. The summed E-state index contributed by atoms with van der Waals surface area (Å²) in [5.41, 5.74) is 2.34. The maximum atomic E-state index is 13.4. The third-order valence-electron chi connectivity index (χ3n) is 5.67. The van der Waals surface area contributed by atoms with Crippen LogP contribution in [0.15, 0.2) is 53.1 Å². The van der Waals surface area contributed by atoms with Gasteiger partial charge in [0.2, 0.25) is 0 Å². The van der Waals surface area contributed by atoms with Crippen molar-refractivity contribution in [2.24, 2.45) is 0 Å². The number of carbonyl (C=O) groups excluding carboxylic acids is 1. The number of para-hydroxylation sites is 1. The number of likely N-dealkylation sites (tertiary alicyclic amines) is 1. The molecule has 3 aromatic rings. The van der Waals surface area contributed by atoms with Crippen LogP contribution >= 0.6 is 15.9 Å². The quantitative estimate of drug-likeness (QED) is 0.500. The number of nitrogens with zero attached hydrogens (tertiary/aromatic N) is 4. The fourth-order valence-electron chi connectivity index (χ4n) is 4.02. The average molecular weight is 517 g/mol. The molecule has 0 aliphatic carbocycles. The molecule has 33 heavy (non-hydrogen) atoms. The molecule has 0 spiro atoms. The van der Waals surface area contributed by atoms with Crippen LogP contribution in [0.2, 0.25) is 0 Å². The molecule has 0 unspecified atom stereocenters. The number of urea groups is 1. The molecule has 1 saturated heterocycles. The minimum atomic E-state index is -0.385. The van der Waals surface area contributed by atoms with Crippen molar-refractivity contribution in [1.82, 2.24) is 25.0 Å². The molecule has 0 radical (unpaired) electrons. The summed E-state index contributed by atoms with van der Waals surface area (Å²) >= 11 is 3.54. The minimum absolute atomic E-state index is 0.0718. The van der Waals surface area contributed by atoms with E-state index in [-0.39, 0.29) is 23.8 Å². The molecule has 2 N–H and O–H groups in total. The number of carbonyl (C=O) groups is 1. The third-order valence-corrected chi connectivity index (χ3v) is 6.62. The zero-order valence-electron chi connectivity index (χ0n) is 18.5. The molecule has 4 rings (SSSR count). The van der Waals surface area contributed by atoms with Crippen LogP contribution in [0, 0.1) is 12.7 Å². The number of pyridine rings is 1. The molecule has 2 atom stereocenters. The van der Waals surface area contributed by atoms with Gasteiger partial charge in [0.1, 0.15) is 5.82 Å². The summed E-state index contributed by atoms with van der Waals surface area (Å²) in [7, 11) is 1.66. The second-order valence-corrected chi connectivity index (χ2v) is 8.75. The summed E-state index contributed by atoms with van der Waals surface area (Å²) < 4.78 is 21.0. The third kappa shape index (κ3) is 5.40. The summed E-state index contributed by atoms with van der Waals surface area (Å²) in [5, 5.41) is 10.6. The lowest BCUT2D eigenvalue weighted by atomic mass is 9.99. The van der Waals surface area contributed by atoms with Crippen LogP contribution in [0.1, 0.15) is 17.3 Å². The fourth-order valence-corrected chi connectivity index (χ4v) is 4.37. The highest BCUT2D eigenvalue weighted by Crippen LogP contribution is 2.30. The molecule has 3 heterocycles. The first-order chi connectivity index (χ1) is 16.0. The molecule has 2 amide bonds. The van der Waals surface area contributed by atoms with Crippen molar-refractivity contribution >= 4 is 27.8 Å². The number of ether oxygens (including phenoxy) is 1. The van der Waals surface area contributed by atoms with E-state index in [9.17, 15) is 9.18 Å². The maximum absolute atomic E-state index is 13.4. The highest BCUT2D eigenvalue weighted by Gasteiger charge is 2.35. The van der Waals surface area contributed by atoms with Gasteiger partial charge in [-0.1, -0.05) is 18.2 Å². The number of amides is 2. The number of aromatic nitrogens is 3. The van der Waals surface area contributed by atoms with Gasteiger partial charge in [-0.05, 0) is 47.1 Å². The molecule has 1 aliphatic heterocycles. The zero-order valence-corrected chi connectivity index (χ0v) is 20.0. The Morgan fingerprint density at radius 2 is 2.03 bits per heavy atom. The predicted octanol–water partition coefficient (Wildman–Crippen LogP) is 3.71. The average Bonchev–Trinajstić information content (AvgIpc) is 3.34. The number of halogens is 2. The van der Waals surface area contributed by atoms with Crippen molar-refractivity contribution in [3.8, 4) is 5.69 Å². The lowest BCUT2D eigenvalue weighted by molar-refractivity contribution is 0.159. The first-order valence-corrected chi connectivity index (χ1v) is 11.5. The SMILES string of the molecule is COCCN1C[C@@H](NC(=O)Nc2c(Br)c(C)nn2-c2ccccc2)[C@H](c2ccc(F)cn2)C1. The van der Waals surface area contributed by atoms with Crippen LogP contribution in [-0.4, -0.2) is 65.1 Å². The van der Waals surface area contributed by atoms with Crippen molar-refractivity contribution < 1.29 is 13.9 Å². The summed E-state index contributed by atoms with van der Waals surface area (Å²) in [5.74, 6) is 0.0870. The number of nitrogens with one attached hydrogen (secondary N) is 2. The number of benzene rings is 1. The summed E-state index contributed by atoms with van der Waals surface area (Å²) in [6.07, 6.45) is 1.21. The zero-order chi connectivity index (χ0) is 23.4. The Balaban J connectivity index is 1.52. The fraction of sp³-hybridized carbons (Fsp3) is 0.348. The minimum Gasteiger partial charge on any atom is -0.383 e. The molecule has 1 aromatic carbocycles. The van der Waals surface area contributed by atoms with Crippen molar-refractivity contribution in [1.29, 1.82) is 0 Å². The van der Waals surface area contributed by atoms with E-state index in [2.05, 4.69) is 41.5 Å². The second kappa shape index (κ2) is 10.4. The molecular weight excluding hydrogens is 491 g/mol. The lowest BCUT2D eigenvalue weighted by Gasteiger charge is -2.20. The predicted molar refractivity (Wildman–Crippen MR) is 127 cm³/mol. The van der Waals surface area contributed by atoms with Crippen molar-refractivity contribution in [3.05, 3.63) is 70.3 Å². The number of hydrogen-bond acceptors (Lipinski definition) is 5.